The molecule has 5 heteroatoms. The number of halogens is 1. The predicted molar refractivity (Wildman–Crippen MR) is 82.4 cm³/mol. The second-order valence-electron chi connectivity index (χ2n) is 5.81. The Morgan fingerprint density at radius 1 is 1.22 bits per heavy atom. The third-order valence-corrected chi connectivity index (χ3v) is 4.33. The van der Waals surface area contributed by atoms with Crippen LogP contribution in [-0.2, 0) is 6.42 Å². The first-order valence-corrected chi connectivity index (χ1v) is 7.55. The highest BCUT2D eigenvalue weighted by atomic mass is 19.1. The number of Topliss-reactive ketones (excluding diaryl/α,β-unsaturated/α-hetero) is 1. The molecule has 116 valence electrons. The second kappa shape index (κ2) is 5.19. The molecule has 4 rings (SSSR count). The lowest BCUT2D eigenvalue weighted by atomic mass is 9.84. The fourth-order valence-corrected chi connectivity index (χ4v) is 3.31. The summed E-state index contributed by atoms with van der Waals surface area (Å²) < 4.78 is 21.2. The van der Waals surface area contributed by atoms with Gasteiger partial charge in [-0.25, -0.2) is 9.07 Å². The van der Waals surface area contributed by atoms with Gasteiger partial charge in [-0.15, -0.1) is 0 Å². The quantitative estimate of drug-likeness (QED) is 0.723. The molecule has 2 heterocycles. The van der Waals surface area contributed by atoms with Gasteiger partial charge in [-0.2, -0.15) is 5.10 Å². The Kier molecular flexibility index (Phi) is 3.15. The van der Waals surface area contributed by atoms with Crippen molar-refractivity contribution in [3.8, 4) is 5.69 Å². The third-order valence-electron chi connectivity index (χ3n) is 4.33. The predicted octanol–water partition coefficient (Wildman–Crippen LogP) is 3.83. The molecule has 1 aliphatic rings. The fraction of sp³-hybridized carbons (Fsp3) is 0.222. The molecule has 0 aliphatic heterocycles. The largest absolute Gasteiger partial charge is 0.469 e. The first-order chi connectivity index (χ1) is 11.1. The van der Waals surface area contributed by atoms with E-state index in [9.17, 15) is 9.18 Å². The van der Waals surface area contributed by atoms with Gasteiger partial charge in [0.2, 0.25) is 0 Å². The minimum absolute atomic E-state index is 0.0349. The lowest BCUT2D eigenvalue weighted by molar-refractivity contribution is 0.0959. The number of para-hydroxylation sites is 1. The molecule has 0 fully saturated rings. The van der Waals surface area contributed by atoms with E-state index in [1.165, 1.54) is 6.07 Å². The zero-order chi connectivity index (χ0) is 16.0. The van der Waals surface area contributed by atoms with Gasteiger partial charge in [-0.3, -0.25) is 4.79 Å². The van der Waals surface area contributed by atoms with Gasteiger partial charge in [0.05, 0.1) is 23.2 Å². The normalized spacial score (nSPS) is 17.3. The van der Waals surface area contributed by atoms with E-state index in [-0.39, 0.29) is 17.5 Å². The fourth-order valence-electron chi connectivity index (χ4n) is 3.31. The molecule has 0 bridgehead atoms. The molecule has 4 nitrogen and oxygen atoms in total. The number of carbonyl (C=O) groups excluding carboxylic acids is 1. The van der Waals surface area contributed by atoms with Crippen LogP contribution in [0.4, 0.5) is 4.39 Å². The zero-order valence-corrected chi connectivity index (χ0v) is 12.6. The molecular formula is C18H15FN2O2. The Hall–Kier alpha value is -2.69. The molecule has 2 aromatic heterocycles. The molecule has 23 heavy (non-hydrogen) atoms. The number of aryl methyl sites for hydroxylation is 1. The van der Waals surface area contributed by atoms with Crippen molar-refractivity contribution in [2.24, 2.45) is 0 Å². The number of fused-ring (bicyclic) bond motifs is 1. The van der Waals surface area contributed by atoms with Crippen molar-refractivity contribution >= 4 is 5.78 Å². The van der Waals surface area contributed by atoms with E-state index in [1.54, 1.807) is 36.1 Å². The van der Waals surface area contributed by atoms with Crippen LogP contribution < -0.4 is 0 Å². The van der Waals surface area contributed by atoms with E-state index >= 15 is 0 Å². The maximum Gasteiger partial charge on any atom is 0.167 e. The monoisotopic (exact) mass is 310 g/mol. The van der Waals surface area contributed by atoms with E-state index in [0.717, 1.165) is 11.5 Å². The van der Waals surface area contributed by atoms with E-state index in [1.807, 2.05) is 12.1 Å². The van der Waals surface area contributed by atoms with E-state index in [2.05, 4.69) is 5.10 Å². The minimum atomic E-state index is -0.356. The molecule has 1 aliphatic carbocycles. The van der Waals surface area contributed by atoms with Gasteiger partial charge in [0.25, 0.3) is 0 Å². The van der Waals surface area contributed by atoms with Crippen molar-refractivity contribution in [1.29, 1.82) is 0 Å². The zero-order valence-electron chi connectivity index (χ0n) is 12.6. The SMILES string of the molecule is Cc1nn(-c2ccccc2F)c2c1C(=O)C[C@H](c1ccco1)C2. The van der Waals surface area contributed by atoms with Gasteiger partial charge in [-0.05, 0) is 31.2 Å². The van der Waals surface area contributed by atoms with Gasteiger partial charge in [0, 0.05) is 18.8 Å². The number of benzene rings is 1. The van der Waals surface area contributed by atoms with Gasteiger partial charge >= 0.3 is 0 Å². The molecular weight excluding hydrogens is 295 g/mol. The summed E-state index contributed by atoms with van der Waals surface area (Å²) in [6, 6.07) is 10.2. The summed E-state index contributed by atoms with van der Waals surface area (Å²) in [7, 11) is 0. The molecule has 3 aromatic rings. The van der Waals surface area contributed by atoms with Gasteiger partial charge in [0.1, 0.15) is 17.3 Å². The van der Waals surface area contributed by atoms with E-state index < -0.39 is 0 Å². The Labute approximate surface area is 132 Å². The summed E-state index contributed by atoms with van der Waals surface area (Å²) in [6.45, 7) is 1.79. The molecule has 0 saturated carbocycles. The maximum absolute atomic E-state index is 14.2. The number of aromatic nitrogens is 2. The van der Waals surface area contributed by atoms with Crippen LogP contribution in [0.3, 0.4) is 0 Å². The Balaban J connectivity index is 1.85. The van der Waals surface area contributed by atoms with Crippen LogP contribution in [0.5, 0.6) is 0 Å². The van der Waals surface area contributed by atoms with Crippen LogP contribution in [0.15, 0.2) is 47.1 Å². The van der Waals surface area contributed by atoms with Crippen LogP contribution in [-0.4, -0.2) is 15.6 Å². The van der Waals surface area contributed by atoms with Crippen molar-refractivity contribution in [2.75, 3.05) is 0 Å². The lowest BCUT2D eigenvalue weighted by Crippen LogP contribution is -2.20. The summed E-state index contributed by atoms with van der Waals surface area (Å²) in [4.78, 5) is 12.6. The maximum atomic E-state index is 14.2. The number of ketones is 1. The number of furan rings is 1. The molecule has 0 radical (unpaired) electrons. The highest BCUT2D eigenvalue weighted by molar-refractivity contribution is 6.00. The summed E-state index contributed by atoms with van der Waals surface area (Å²) >= 11 is 0. The summed E-state index contributed by atoms with van der Waals surface area (Å²) in [5.41, 5.74) is 2.39. The van der Waals surface area contributed by atoms with Gasteiger partial charge < -0.3 is 4.42 Å². The second-order valence-corrected chi connectivity index (χ2v) is 5.81. The summed E-state index contributed by atoms with van der Waals surface area (Å²) in [6.07, 6.45) is 2.60. The van der Waals surface area contributed by atoms with Crippen molar-refractivity contribution < 1.29 is 13.6 Å². The molecule has 0 amide bonds. The van der Waals surface area contributed by atoms with Gasteiger partial charge in [0.15, 0.2) is 5.78 Å². The number of rotatable bonds is 2. The van der Waals surface area contributed by atoms with Crippen LogP contribution in [0, 0.1) is 12.7 Å². The van der Waals surface area contributed by atoms with E-state index in [4.69, 9.17) is 4.42 Å². The first kappa shape index (κ1) is 13.9. The van der Waals surface area contributed by atoms with Crippen LogP contribution in [0.2, 0.25) is 0 Å². The third kappa shape index (κ3) is 2.20. The van der Waals surface area contributed by atoms with Crippen molar-refractivity contribution in [3.05, 3.63) is 71.2 Å². The van der Waals surface area contributed by atoms with Gasteiger partial charge in [-0.1, -0.05) is 12.1 Å². The topological polar surface area (TPSA) is 48.0 Å². The van der Waals surface area contributed by atoms with E-state index in [0.29, 0.717) is 29.8 Å². The Bertz CT molecular complexity index is 881. The van der Waals surface area contributed by atoms with Crippen molar-refractivity contribution in [1.82, 2.24) is 9.78 Å². The molecule has 0 N–H and O–H groups in total. The molecule has 1 atom stereocenters. The van der Waals surface area contributed by atoms with Crippen molar-refractivity contribution in [2.45, 2.75) is 25.7 Å². The highest BCUT2D eigenvalue weighted by Crippen LogP contribution is 2.35. The van der Waals surface area contributed by atoms with Crippen LogP contribution in [0.25, 0.3) is 5.69 Å². The molecule has 0 saturated heterocycles. The van der Waals surface area contributed by atoms with Crippen LogP contribution >= 0.6 is 0 Å². The number of nitrogens with zero attached hydrogens (tertiary/aromatic N) is 2. The number of carbonyl (C=O) groups is 1. The first-order valence-electron chi connectivity index (χ1n) is 7.55. The summed E-state index contributed by atoms with van der Waals surface area (Å²) in [5.74, 6) is 0.424. The Morgan fingerprint density at radius 3 is 2.78 bits per heavy atom. The average molecular weight is 310 g/mol. The molecule has 0 spiro atoms. The highest BCUT2D eigenvalue weighted by Gasteiger charge is 2.33. The molecule has 0 unspecified atom stereocenters. The minimum Gasteiger partial charge on any atom is -0.469 e. The molecule has 1 aromatic carbocycles. The number of hydrogen-bond donors (Lipinski definition) is 0. The van der Waals surface area contributed by atoms with Crippen LogP contribution in [0.1, 0.15) is 39.8 Å². The number of hydrogen-bond acceptors (Lipinski definition) is 3. The summed E-state index contributed by atoms with van der Waals surface area (Å²) in [5, 5.41) is 4.41. The smallest absolute Gasteiger partial charge is 0.167 e. The Morgan fingerprint density at radius 2 is 2.04 bits per heavy atom. The van der Waals surface area contributed by atoms with Crippen molar-refractivity contribution in [3.63, 3.8) is 0 Å². The standard InChI is InChI=1S/C18H15FN2O2/c1-11-18-15(21(20-11)14-6-3-2-5-13(14)19)9-12(10-16(18)22)17-7-4-8-23-17/h2-8,12H,9-10H2,1H3/t12-/m1/s1. The average Bonchev–Trinajstić information content (AvgIpc) is 3.16. The lowest BCUT2D eigenvalue weighted by Gasteiger charge is -2.21.